The lowest BCUT2D eigenvalue weighted by molar-refractivity contribution is -0.133. The molecule has 1 aromatic heterocycles. The Morgan fingerprint density at radius 3 is 2.43 bits per heavy atom. The standard InChI is InChI=1S/C14H17N3O4/c1-8(9(2)13(19)20)12(18)17-14(21)16-10(3)11-5-4-6-15-7-11/h4-7,10H,1-3H3,(H,19,20)(H2,16,17,18,21). The van der Waals surface area contributed by atoms with E-state index in [1.807, 2.05) is 0 Å². The maximum absolute atomic E-state index is 11.7. The molecule has 1 rings (SSSR count). The number of carboxylic acid groups (broad SMARTS) is 1. The largest absolute Gasteiger partial charge is 0.478 e. The number of hydrogen-bond acceptors (Lipinski definition) is 4. The lowest BCUT2D eigenvalue weighted by Crippen LogP contribution is -2.41. The number of aromatic nitrogens is 1. The summed E-state index contributed by atoms with van der Waals surface area (Å²) in [5.74, 6) is -1.95. The van der Waals surface area contributed by atoms with Gasteiger partial charge in [-0.3, -0.25) is 15.1 Å². The van der Waals surface area contributed by atoms with Gasteiger partial charge in [-0.15, -0.1) is 0 Å². The number of pyridine rings is 1. The minimum Gasteiger partial charge on any atom is -0.478 e. The number of aliphatic carboxylic acids is 1. The predicted octanol–water partition coefficient (Wildman–Crippen LogP) is 1.39. The monoisotopic (exact) mass is 291 g/mol. The molecule has 3 N–H and O–H groups in total. The van der Waals surface area contributed by atoms with Gasteiger partial charge in [-0.2, -0.15) is 0 Å². The fraction of sp³-hybridized carbons (Fsp3) is 0.286. The Morgan fingerprint density at radius 2 is 1.90 bits per heavy atom. The average Bonchev–Trinajstić information content (AvgIpc) is 2.46. The summed E-state index contributed by atoms with van der Waals surface area (Å²) in [5, 5.41) is 13.4. The number of imide groups is 1. The van der Waals surface area contributed by atoms with Crippen molar-refractivity contribution in [1.82, 2.24) is 15.6 Å². The molecule has 0 radical (unpaired) electrons. The predicted molar refractivity (Wildman–Crippen MR) is 75.3 cm³/mol. The molecular weight excluding hydrogens is 274 g/mol. The zero-order valence-corrected chi connectivity index (χ0v) is 12.0. The van der Waals surface area contributed by atoms with Crippen LogP contribution in [0.15, 0.2) is 35.7 Å². The molecule has 1 atom stereocenters. The van der Waals surface area contributed by atoms with Gasteiger partial charge in [0.2, 0.25) is 0 Å². The molecule has 0 fully saturated rings. The third kappa shape index (κ3) is 4.72. The minimum absolute atomic E-state index is 0.0216. The highest BCUT2D eigenvalue weighted by atomic mass is 16.4. The summed E-state index contributed by atoms with van der Waals surface area (Å²) in [4.78, 5) is 38.1. The SMILES string of the molecule is CC(C(=O)O)=C(C)C(=O)NC(=O)NC(C)c1cccnc1. The first-order valence-electron chi connectivity index (χ1n) is 6.25. The molecular formula is C14H17N3O4. The maximum atomic E-state index is 11.7. The second-order valence-corrected chi connectivity index (χ2v) is 4.49. The van der Waals surface area contributed by atoms with E-state index < -0.39 is 17.9 Å². The van der Waals surface area contributed by atoms with Crippen molar-refractivity contribution in [1.29, 1.82) is 0 Å². The van der Waals surface area contributed by atoms with E-state index in [0.717, 1.165) is 5.56 Å². The first-order chi connectivity index (χ1) is 9.82. The van der Waals surface area contributed by atoms with Crippen LogP contribution in [0.4, 0.5) is 4.79 Å². The van der Waals surface area contributed by atoms with Crippen molar-refractivity contribution in [2.45, 2.75) is 26.8 Å². The van der Waals surface area contributed by atoms with Gasteiger partial charge < -0.3 is 10.4 Å². The second-order valence-electron chi connectivity index (χ2n) is 4.49. The number of urea groups is 1. The highest BCUT2D eigenvalue weighted by Gasteiger charge is 2.16. The number of amides is 3. The number of hydrogen-bond donors (Lipinski definition) is 3. The number of carboxylic acids is 1. The topological polar surface area (TPSA) is 108 Å². The van der Waals surface area contributed by atoms with Gasteiger partial charge in [0, 0.05) is 23.5 Å². The van der Waals surface area contributed by atoms with E-state index in [1.54, 1.807) is 31.5 Å². The van der Waals surface area contributed by atoms with Gasteiger partial charge in [-0.05, 0) is 32.4 Å². The van der Waals surface area contributed by atoms with Crippen LogP contribution in [0.3, 0.4) is 0 Å². The molecule has 0 bridgehead atoms. The minimum atomic E-state index is -1.20. The molecule has 0 aromatic carbocycles. The van der Waals surface area contributed by atoms with E-state index in [1.165, 1.54) is 13.8 Å². The van der Waals surface area contributed by atoms with Crippen LogP contribution in [0.2, 0.25) is 0 Å². The first-order valence-corrected chi connectivity index (χ1v) is 6.25. The Balaban J connectivity index is 2.64. The molecule has 21 heavy (non-hydrogen) atoms. The fourth-order valence-electron chi connectivity index (χ4n) is 1.48. The van der Waals surface area contributed by atoms with Gasteiger partial charge in [-0.1, -0.05) is 6.07 Å². The Labute approximate surface area is 122 Å². The zero-order chi connectivity index (χ0) is 16.0. The van der Waals surface area contributed by atoms with Crippen molar-refractivity contribution < 1.29 is 19.5 Å². The quantitative estimate of drug-likeness (QED) is 0.726. The third-order valence-corrected chi connectivity index (χ3v) is 2.98. The van der Waals surface area contributed by atoms with Crippen molar-refractivity contribution in [3.63, 3.8) is 0 Å². The van der Waals surface area contributed by atoms with Gasteiger partial charge in [0.1, 0.15) is 0 Å². The molecule has 7 heteroatoms. The Morgan fingerprint density at radius 1 is 1.24 bits per heavy atom. The average molecular weight is 291 g/mol. The normalized spacial score (nSPS) is 12.9. The van der Waals surface area contributed by atoms with E-state index in [-0.39, 0.29) is 17.2 Å². The fourth-order valence-corrected chi connectivity index (χ4v) is 1.48. The van der Waals surface area contributed by atoms with E-state index in [9.17, 15) is 14.4 Å². The van der Waals surface area contributed by atoms with E-state index >= 15 is 0 Å². The molecule has 0 aliphatic rings. The van der Waals surface area contributed by atoms with Crippen LogP contribution in [0, 0.1) is 0 Å². The van der Waals surface area contributed by atoms with E-state index in [4.69, 9.17) is 5.11 Å². The number of nitrogens with one attached hydrogen (secondary N) is 2. The molecule has 0 aliphatic carbocycles. The molecule has 1 unspecified atom stereocenters. The summed E-state index contributed by atoms with van der Waals surface area (Å²) in [6.07, 6.45) is 3.22. The summed E-state index contributed by atoms with van der Waals surface area (Å²) in [6, 6.07) is 2.49. The van der Waals surface area contributed by atoms with Crippen LogP contribution in [0.5, 0.6) is 0 Å². The highest BCUT2D eigenvalue weighted by molar-refractivity contribution is 6.07. The van der Waals surface area contributed by atoms with E-state index in [2.05, 4.69) is 15.6 Å². The molecule has 3 amide bonds. The van der Waals surface area contributed by atoms with Gasteiger partial charge >= 0.3 is 12.0 Å². The summed E-state index contributed by atoms with van der Waals surface area (Å²) in [5.41, 5.74) is 0.654. The molecule has 7 nitrogen and oxygen atoms in total. The van der Waals surface area contributed by atoms with E-state index in [0.29, 0.717) is 0 Å². The first kappa shape index (κ1) is 16.4. The van der Waals surface area contributed by atoms with Crippen LogP contribution in [0.1, 0.15) is 32.4 Å². The van der Waals surface area contributed by atoms with Crippen LogP contribution >= 0.6 is 0 Å². The summed E-state index contributed by atoms with van der Waals surface area (Å²) >= 11 is 0. The molecule has 1 heterocycles. The van der Waals surface area contributed by atoms with Crippen molar-refractivity contribution in [3.8, 4) is 0 Å². The third-order valence-electron chi connectivity index (χ3n) is 2.98. The zero-order valence-electron chi connectivity index (χ0n) is 12.0. The molecule has 112 valence electrons. The van der Waals surface area contributed by atoms with Crippen LogP contribution in [0.25, 0.3) is 0 Å². The maximum Gasteiger partial charge on any atom is 0.331 e. The van der Waals surface area contributed by atoms with Crippen molar-refractivity contribution in [2.24, 2.45) is 0 Å². The number of carbonyl (C=O) groups excluding carboxylic acids is 2. The Kier molecular flexibility index (Phi) is 5.59. The van der Waals surface area contributed by atoms with Crippen LogP contribution in [-0.4, -0.2) is 28.0 Å². The van der Waals surface area contributed by atoms with Crippen LogP contribution in [-0.2, 0) is 9.59 Å². The molecule has 0 aliphatic heterocycles. The van der Waals surface area contributed by atoms with Crippen LogP contribution < -0.4 is 10.6 Å². The van der Waals surface area contributed by atoms with Gasteiger partial charge in [0.25, 0.3) is 5.91 Å². The highest BCUT2D eigenvalue weighted by Crippen LogP contribution is 2.09. The summed E-state index contributed by atoms with van der Waals surface area (Å²) in [7, 11) is 0. The summed E-state index contributed by atoms with van der Waals surface area (Å²) < 4.78 is 0. The molecule has 0 spiro atoms. The smallest absolute Gasteiger partial charge is 0.331 e. The van der Waals surface area contributed by atoms with Gasteiger partial charge in [0.15, 0.2) is 0 Å². The number of nitrogens with zero attached hydrogens (tertiary/aromatic N) is 1. The number of carbonyl (C=O) groups is 3. The summed E-state index contributed by atoms with van der Waals surface area (Å²) in [6.45, 7) is 4.39. The molecule has 0 saturated carbocycles. The molecule has 1 aromatic rings. The Hall–Kier alpha value is -2.70. The van der Waals surface area contributed by atoms with Crippen molar-refractivity contribution in [3.05, 3.63) is 41.2 Å². The Bertz CT molecular complexity index is 581. The number of rotatable bonds is 4. The lowest BCUT2D eigenvalue weighted by Gasteiger charge is -2.14. The van der Waals surface area contributed by atoms with Crippen molar-refractivity contribution in [2.75, 3.05) is 0 Å². The van der Waals surface area contributed by atoms with Gasteiger partial charge in [0.05, 0.1) is 6.04 Å². The lowest BCUT2D eigenvalue weighted by atomic mass is 10.1. The molecule has 0 saturated heterocycles. The van der Waals surface area contributed by atoms with Crippen molar-refractivity contribution >= 4 is 17.9 Å². The van der Waals surface area contributed by atoms with Gasteiger partial charge in [-0.25, -0.2) is 9.59 Å². The second kappa shape index (κ2) is 7.18.